The maximum atomic E-state index is 5.37. The Bertz CT molecular complexity index is 526. The first-order valence-corrected chi connectivity index (χ1v) is 6.69. The topological polar surface area (TPSA) is 48.3 Å². The van der Waals surface area contributed by atoms with Crippen LogP contribution in [0.4, 0.5) is 0 Å². The zero-order chi connectivity index (χ0) is 14.4. The predicted molar refractivity (Wildman–Crippen MR) is 78.2 cm³/mol. The maximum absolute atomic E-state index is 5.37. The average molecular weight is 275 g/mol. The molecule has 1 unspecified atom stereocenters. The molecule has 0 aliphatic heterocycles. The van der Waals surface area contributed by atoms with Crippen LogP contribution in [0.2, 0.25) is 0 Å². The van der Waals surface area contributed by atoms with Gasteiger partial charge in [0.05, 0.1) is 26.6 Å². The van der Waals surface area contributed by atoms with Crippen LogP contribution in [0.5, 0.6) is 11.5 Å². The van der Waals surface area contributed by atoms with E-state index in [-0.39, 0.29) is 6.04 Å². The van der Waals surface area contributed by atoms with E-state index in [2.05, 4.69) is 27.9 Å². The first-order chi connectivity index (χ1) is 9.78. The highest BCUT2D eigenvalue weighted by molar-refractivity contribution is 5.43. The first-order valence-electron chi connectivity index (χ1n) is 6.69. The molecule has 1 aromatic carbocycles. The summed E-state index contributed by atoms with van der Waals surface area (Å²) in [5.74, 6) is 1.49. The number of aromatic nitrogens is 2. The van der Waals surface area contributed by atoms with E-state index in [0.717, 1.165) is 24.6 Å². The van der Waals surface area contributed by atoms with E-state index in [1.165, 1.54) is 5.56 Å². The van der Waals surface area contributed by atoms with Gasteiger partial charge in [0, 0.05) is 18.9 Å². The minimum Gasteiger partial charge on any atom is -0.493 e. The molecule has 0 aliphatic rings. The molecule has 2 aromatic rings. The highest BCUT2D eigenvalue weighted by Gasteiger charge is 2.14. The van der Waals surface area contributed by atoms with Gasteiger partial charge in [-0.15, -0.1) is 0 Å². The van der Waals surface area contributed by atoms with Crippen molar-refractivity contribution in [2.45, 2.75) is 19.5 Å². The summed E-state index contributed by atoms with van der Waals surface area (Å²) in [6, 6.07) is 6.22. The summed E-state index contributed by atoms with van der Waals surface area (Å²) < 4.78 is 12.7. The van der Waals surface area contributed by atoms with Crippen LogP contribution in [0.25, 0.3) is 0 Å². The molecule has 20 heavy (non-hydrogen) atoms. The van der Waals surface area contributed by atoms with Crippen LogP contribution in [0, 0.1) is 0 Å². The molecule has 0 fully saturated rings. The lowest BCUT2D eigenvalue weighted by molar-refractivity contribution is 0.353. The van der Waals surface area contributed by atoms with Gasteiger partial charge in [-0.1, -0.05) is 13.0 Å². The van der Waals surface area contributed by atoms with Crippen LogP contribution in [-0.2, 0) is 6.54 Å². The zero-order valence-corrected chi connectivity index (χ0v) is 12.2. The Balaban J connectivity index is 2.24. The second-order valence-corrected chi connectivity index (χ2v) is 4.48. The molecule has 0 amide bonds. The molecule has 1 N–H and O–H groups in total. The van der Waals surface area contributed by atoms with Crippen molar-refractivity contribution in [1.29, 1.82) is 0 Å². The summed E-state index contributed by atoms with van der Waals surface area (Å²) in [6.07, 6.45) is 5.58. The minimum atomic E-state index is 0.203. The lowest BCUT2D eigenvalue weighted by Gasteiger charge is -2.20. The third-order valence-electron chi connectivity index (χ3n) is 3.21. The van der Waals surface area contributed by atoms with Crippen molar-refractivity contribution in [3.05, 3.63) is 42.5 Å². The van der Waals surface area contributed by atoms with E-state index < -0.39 is 0 Å². The van der Waals surface area contributed by atoms with Crippen LogP contribution in [0.15, 0.2) is 36.9 Å². The minimum absolute atomic E-state index is 0.203. The smallest absolute Gasteiger partial charge is 0.161 e. The Morgan fingerprint density at radius 1 is 1.25 bits per heavy atom. The standard InChI is InChI=1S/C15H21N3O2/c1-4-17-13(10-18-8-7-16-11-18)12-5-6-14(19-2)15(9-12)20-3/h5-9,11,13,17H,4,10H2,1-3H3. The highest BCUT2D eigenvalue weighted by atomic mass is 16.5. The Kier molecular flexibility index (Phi) is 5.01. The fraction of sp³-hybridized carbons (Fsp3) is 0.400. The molecule has 0 bridgehead atoms. The summed E-state index contributed by atoms with van der Waals surface area (Å²) in [4.78, 5) is 4.08. The van der Waals surface area contributed by atoms with Gasteiger partial charge in [-0.05, 0) is 24.2 Å². The number of nitrogens with one attached hydrogen (secondary N) is 1. The summed E-state index contributed by atoms with van der Waals surface area (Å²) in [5.41, 5.74) is 1.17. The van der Waals surface area contributed by atoms with Crippen LogP contribution in [0.3, 0.4) is 0 Å². The van der Waals surface area contributed by atoms with Gasteiger partial charge < -0.3 is 19.4 Å². The molecule has 0 radical (unpaired) electrons. The Labute approximate surface area is 119 Å². The van der Waals surface area contributed by atoms with Gasteiger partial charge >= 0.3 is 0 Å². The molecule has 0 aliphatic carbocycles. The number of methoxy groups -OCH3 is 2. The normalized spacial score (nSPS) is 12.2. The highest BCUT2D eigenvalue weighted by Crippen LogP contribution is 2.30. The van der Waals surface area contributed by atoms with Gasteiger partial charge in [-0.25, -0.2) is 4.98 Å². The molecular weight excluding hydrogens is 254 g/mol. The number of rotatable bonds is 7. The molecule has 0 saturated carbocycles. The molecule has 1 atom stereocenters. The second-order valence-electron chi connectivity index (χ2n) is 4.48. The summed E-state index contributed by atoms with van der Waals surface area (Å²) in [6.45, 7) is 3.82. The van der Waals surface area contributed by atoms with Crippen LogP contribution in [0.1, 0.15) is 18.5 Å². The fourth-order valence-electron chi connectivity index (χ4n) is 2.21. The quantitative estimate of drug-likeness (QED) is 0.842. The van der Waals surface area contributed by atoms with E-state index in [1.54, 1.807) is 20.4 Å². The zero-order valence-electron chi connectivity index (χ0n) is 12.2. The van der Waals surface area contributed by atoms with Crippen molar-refractivity contribution in [1.82, 2.24) is 14.9 Å². The molecular formula is C15H21N3O2. The molecule has 1 heterocycles. The van der Waals surface area contributed by atoms with Crippen molar-refractivity contribution in [2.24, 2.45) is 0 Å². The average Bonchev–Trinajstić information content (AvgIpc) is 2.99. The molecule has 0 spiro atoms. The van der Waals surface area contributed by atoms with Crippen molar-refractivity contribution < 1.29 is 9.47 Å². The summed E-state index contributed by atoms with van der Waals surface area (Å²) >= 11 is 0. The Morgan fingerprint density at radius 2 is 2.05 bits per heavy atom. The Hall–Kier alpha value is -2.01. The largest absolute Gasteiger partial charge is 0.493 e. The number of imidazole rings is 1. The van der Waals surface area contributed by atoms with Crippen molar-refractivity contribution >= 4 is 0 Å². The van der Waals surface area contributed by atoms with Crippen molar-refractivity contribution in [3.8, 4) is 11.5 Å². The van der Waals surface area contributed by atoms with Crippen molar-refractivity contribution in [2.75, 3.05) is 20.8 Å². The summed E-state index contributed by atoms with van der Waals surface area (Å²) in [7, 11) is 3.30. The summed E-state index contributed by atoms with van der Waals surface area (Å²) in [5, 5.41) is 3.48. The number of nitrogens with zero attached hydrogens (tertiary/aromatic N) is 2. The number of benzene rings is 1. The number of ether oxygens (including phenoxy) is 2. The van der Waals surface area contributed by atoms with Crippen LogP contribution in [-0.4, -0.2) is 30.3 Å². The first kappa shape index (κ1) is 14.4. The number of likely N-dealkylation sites (N-methyl/N-ethyl adjacent to an activating group) is 1. The Morgan fingerprint density at radius 3 is 2.65 bits per heavy atom. The SMILES string of the molecule is CCNC(Cn1ccnc1)c1ccc(OC)c(OC)c1. The molecule has 108 valence electrons. The molecule has 5 heteroatoms. The van der Waals surface area contributed by atoms with Crippen molar-refractivity contribution in [3.63, 3.8) is 0 Å². The van der Waals surface area contributed by atoms with Gasteiger partial charge in [0.1, 0.15) is 0 Å². The molecule has 2 rings (SSSR count). The molecule has 5 nitrogen and oxygen atoms in total. The molecule has 0 saturated heterocycles. The van der Waals surface area contributed by atoms with Crippen LogP contribution < -0.4 is 14.8 Å². The monoisotopic (exact) mass is 275 g/mol. The number of hydrogen-bond donors (Lipinski definition) is 1. The lowest BCUT2D eigenvalue weighted by atomic mass is 10.1. The van der Waals surface area contributed by atoms with Gasteiger partial charge in [-0.2, -0.15) is 0 Å². The van der Waals surface area contributed by atoms with Gasteiger partial charge in [-0.3, -0.25) is 0 Å². The lowest BCUT2D eigenvalue weighted by Crippen LogP contribution is -2.25. The van der Waals surface area contributed by atoms with E-state index in [4.69, 9.17) is 9.47 Å². The third-order valence-corrected chi connectivity index (χ3v) is 3.21. The van der Waals surface area contributed by atoms with E-state index in [0.29, 0.717) is 0 Å². The third kappa shape index (κ3) is 3.30. The van der Waals surface area contributed by atoms with Crippen LogP contribution >= 0.6 is 0 Å². The predicted octanol–water partition coefficient (Wildman–Crippen LogP) is 2.25. The van der Waals surface area contributed by atoms with E-state index in [1.807, 2.05) is 24.7 Å². The molecule has 1 aromatic heterocycles. The van der Waals surface area contributed by atoms with E-state index >= 15 is 0 Å². The fourth-order valence-corrected chi connectivity index (χ4v) is 2.21. The number of hydrogen-bond acceptors (Lipinski definition) is 4. The van der Waals surface area contributed by atoms with Gasteiger partial charge in [0.2, 0.25) is 0 Å². The maximum Gasteiger partial charge on any atom is 0.161 e. The van der Waals surface area contributed by atoms with Gasteiger partial charge in [0.15, 0.2) is 11.5 Å². The van der Waals surface area contributed by atoms with E-state index in [9.17, 15) is 0 Å². The van der Waals surface area contributed by atoms with Gasteiger partial charge in [0.25, 0.3) is 0 Å². The second kappa shape index (κ2) is 6.96.